The predicted octanol–water partition coefficient (Wildman–Crippen LogP) is 2.79. The average Bonchev–Trinajstić information content (AvgIpc) is 3.59. The molecule has 1 aromatic carbocycles. The number of hydrogen-bond acceptors (Lipinski definition) is 9. The fourth-order valence-corrected chi connectivity index (χ4v) is 4.34. The maximum Gasteiger partial charge on any atom is 0.266 e. The van der Waals surface area contributed by atoms with Gasteiger partial charge in [-0.3, -0.25) is 9.69 Å². The van der Waals surface area contributed by atoms with Gasteiger partial charge in [-0.1, -0.05) is 0 Å². The van der Waals surface area contributed by atoms with Crippen LogP contribution in [0.5, 0.6) is 0 Å². The van der Waals surface area contributed by atoms with E-state index in [-0.39, 0.29) is 11.6 Å². The van der Waals surface area contributed by atoms with Crippen LogP contribution >= 0.6 is 0 Å². The van der Waals surface area contributed by atoms with Crippen LogP contribution in [-0.4, -0.2) is 74.8 Å². The molecule has 2 aromatic heterocycles. The van der Waals surface area contributed by atoms with Gasteiger partial charge >= 0.3 is 0 Å². The lowest BCUT2D eigenvalue weighted by molar-refractivity contribution is -0.116. The summed E-state index contributed by atoms with van der Waals surface area (Å²) in [6, 6.07) is 13.6. The van der Waals surface area contributed by atoms with Crippen molar-refractivity contribution in [3.63, 3.8) is 0 Å². The maximum absolute atomic E-state index is 12.5. The number of nitriles is 1. The molecule has 0 spiro atoms. The molecule has 4 heterocycles. The molecule has 182 valence electrons. The fourth-order valence-electron chi connectivity index (χ4n) is 4.34. The second kappa shape index (κ2) is 10.6. The SMILES string of the molecule is N#Cc1nc(-c2ccco2)oc1N1CCN(CCC(=O)Nc2ccc(N3CCOCC3)cc2)CC1. The zero-order valence-corrected chi connectivity index (χ0v) is 19.5. The number of carbonyl (C=O) groups is 1. The van der Waals surface area contributed by atoms with Crippen LogP contribution in [0, 0.1) is 11.3 Å². The van der Waals surface area contributed by atoms with Crippen molar-refractivity contribution in [1.82, 2.24) is 9.88 Å². The minimum absolute atomic E-state index is 0.00311. The Morgan fingerprint density at radius 1 is 1.03 bits per heavy atom. The van der Waals surface area contributed by atoms with E-state index >= 15 is 0 Å². The highest BCUT2D eigenvalue weighted by Gasteiger charge is 2.25. The Morgan fingerprint density at radius 2 is 1.80 bits per heavy atom. The number of furan rings is 1. The maximum atomic E-state index is 12.5. The number of hydrogen-bond donors (Lipinski definition) is 1. The molecule has 0 atom stereocenters. The Balaban J connectivity index is 1.08. The van der Waals surface area contributed by atoms with E-state index < -0.39 is 0 Å². The lowest BCUT2D eigenvalue weighted by Crippen LogP contribution is -2.47. The third-order valence-corrected chi connectivity index (χ3v) is 6.29. The standard InChI is InChI=1S/C25H28N6O4/c26-18-21-25(35-24(28-21)22-2-1-15-34-22)31-11-9-29(10-12-31)8-7-23(32)27-19-3-5-20(6-4-19)30-13-16-33-17-14-30/h1-6,15H,7-14,16-17H2,(H,27,32). The average molecular weight is 477 g/mol. The normalized spacial score (nSPS) is 16.8. The second-order valence-electron chi connectivity index (χ2n) is 8.54. The van der Waals surface area contributed by atoms with E-state index in [9.17, 15) is 10.1 Å². The lowest BCUT2D eigenvalue weighted by atomic mass is 10.2. The summed E-state index contributed by atoms with van der Waals surface area (Å²) in [5.74, 6) is 1.26. The Labute approximate surface area is 203 Å². The third kappa shape index (κ3) is 5.48. The largest absolute Gasteiger partial charge is 0.459 e. The number of ether oxygens (including phenoxy) is 1. The van der Waals surface area contributed by atoms with Crippen molar-refractivity contribution in [2.45, 2.75) is 6.42 Å². The number of carbonyl (C=O) groups excluding carboxylic acids is 1. The van der Waals surface area contributed by atoms with Crippen LogP contribution in [0.1, 0.15) is 12.1 Å². The van der Waals surface area contributed by atoms with E-state index in [2.05, 4.69) is 26.2 Å². The number of aromatic nitrogens is 1. The molecule has 1 amide bonds. The number of anilines is 3. The van der Waals surface area contributed by atoms with Crippen molar-refractivity contribution in [3.8, 4) is 17.7 Å². The summed E-state index contributed by atoms with van der Waals surface area (Å²) in [5.41, 5.74) is 2.20. The van der Waals surface area contributed by atoms with Gasteiger partial charge in [0.2, 0.25) is 17.5 Å². The summed E-state index contributed by atoms with van der Waals surface area (Å²) in [6.07, 6.45) is 1.96. The molecule has 5 rings (SSSR count). The molecule has 2 saturated heterocycles. The van der Waals surface area contributed by atoms with E-state index in [1.807, 2.05) is 29.2 Å². The quantitative estimate of drug-likeness (QED) is 0.550. The summed E-state index contributed by atoms with van der Waals surface area (Å²) in [6.45, 7) is 6.85. The highest BCUT2D eigenvalue weighted by Crippen LogP contribution is 2.29. The first kappa shape index (κ1) is 23.0. The van der Waals surface area contributed by atoms with Gasteiger partial charge in [-0.15, -0.1) is 0 Å². The van der Waals surface area contributed by atoms with E-state index in [1.165, 1.54) is 0 Å². The minimum atomic E-state index is -0.00311. The van der Waals surface area contributed by atoms with Gasteiger partial charge in [0.25, 0.3) is 5.89 Å². The smallest absolute Gasteiger partial charge is 0.266 e. The third-order valence-electron chi connectivity index (χ3n) is 6.29. The number of benzene rings is 1. The summed E-state index contributed by atoms with van der Waals surface area (Å²) >= 11 is 0. The Bertz CT molecular complexity index is 1150. The summed E-state index contributed by atoms with van der Waals surface area (Å²) in [4.78, 5) is 23.3. The highest BCUT2D eigenvalue weighted by atomic mass is 16.5. The van der Waals surface area contributed by atoms with Crippen molar-refractivity contribution in [3.05, 3.63) is 48.4 Å². The molecular weight excluding hydrogens is 448 g/mol. The van der Waals surface area contributed by atoms with Crippen molar-refractivity contribution < 1.29 is 18.4 Å². The summed E-state index contributed by atoms with van der Waals surface area (Å²) < 4.78 is 16.6. The highest BCUT2D eigenvalue weighted by molar-refractivity contribution is 5.91. The molecule has 0 radical (unpaired) electrons. The van der Waals surface area contributed by atoms with Gasteiger partial charge in [0.15, 0.2) is 5.76 Å². The first-order chi connectivity index (χ1) is 17.2. The molecule has 2 aliphatic heterocycles. The van der Waals surface area contributed by atoms with Gasteiger partial charge in [0, 0.05) is 63.6 Å². The number of piperazine rings is 1. The number of amides is 1. The van der Waals surface area contributed by atoms with Gasteiger partial charge in [0.1, 0.15) is 6.07 Å². The van der Waals surface area contributed by atoms with E-state index in [0.717, 1.165) is 50.8 Å². The molecule has 1 N–H and O–H groups in total. The van der Waals surface area contributed by atoms with Gasteiger partial charge in [-0.25, -0.2) is 0 Å². The molecule has 10 nitrogen and oxygen atoms in total. The van der Waals surface area contributed by atoms with Crippen molar-refractivity contribution >= 4 is 23.2 Å². The number of nitrogens with one attached hydrogen (secondary N) is 1. The Morgan fingerprint density at radius 3 is 2.49 bits per heavy atom. The van der Waals surface area contributed by atoms with Gasteiger partial charge in [-0.05, 0) is 36.4 Å². The van der Waals surface area contributed by atoms with E-state index in [4.69, 9.17) is 13.6 Å². The number of oxazole rings is 1. The molecule has 35 heavy (non-hydrogen) atoms. The first-order valence-corrected chi connectivity index (χ1v) is 11.8. The Hall–Kier alpha value is -3.81. The molecule has 2 fully saturated rings. The van der Waals surface area contributed by atoms with Crippen LogP contribution in [0.2, 0.25) is 0 Å². The van der Waals surface area contributed by atoms with Crippen LogP contribution in [0.15, 0.2) is 51.5 Å². The van der Waals surface area contributed by atoms with E-state index in [1.54, 1.807) is 18.4 Å². The first-order valence-electron chi connectivity index (χ1n) is 11.8. The molecule has 3 aromatic rings. The van der Waals surface area contributed by atoms with Gasteiger partial charge in [0.05, 0.1) is 19.5 Å². The molecule has 0 bridgehead atoms. The van der Waals surface area contributed by atoms with Crippen LogP contribution in [0.25, 0.3) is 11.7 Å². The Kier molecular flexibility index (Phi) is 6.97. The number of morpholine rings is 1. The summed E-state index contributed by atoms with van der Waals surface area (Å²) in [7, 11) is 0. The van der Waals surface area contributed by atoms with Gasteiger partial charge < -0.3 is 28.7 Å². The molecule has 0 aliphatic carbocycles. The van der Waals surface area contributed by atoms with Crippen LogP contribution in [0.3, 0.4) is 0 Å². The lowest BCUT2D eigenvalue weighted by Gasteiger charge is -2.34. The molecule has 0 saturated carbocycles. The van der Waals surface area contributed by atoms with Crippen molar-refractivity contribution in [2.75, 3.05) is 74.1 Å². The van der Waals surface area contributed by atoms with Crippen molar-refractivity contribution in [2.24, 2.45) is 0 Å². The number of nitrogens with zero attached hydrogens (tertiary/aromatic N) is 5. The topological polar surface area (TPSA) is 111 Å². The molecule has 0 unspecified atom stereocenters. The fraction of sp³-hybridized carbons (Fsp3) is 0.400. The molecule has 2 aliphatic rings. The molecular formula is C25H28N6O4. The monoisotopic (exact) mass is 476 g/mol. The summed E-state index contributed by atoms with van der Waals surface area (Å²) in [5, 5.41) is 12.5. The molecule has 10 heteroatoms. The van der Waals surface area contributed by atoms with Crippen molar-refractivity contribution in [1.29, 1.82) is 5.26 Å². The van der Waals surface area contributed by atoms with Crippen LogP contribution in [-0.2, 0) is 9.53 Å². The zero-order valence-electron chi connectivity index (χ0n) is 19.5. The van der Waals surface area contributed by atoms with Gasteiger partial charge in [-0.2, -0.15) is 10.2 Å². The van der Waals surface area contributed by atoms with E-state index in [0.29, 0.717) is 43.6 Å². The predicted molar refractivity (Wildman–Crippen MR) is 130 cm³/mol. The number of rotatable bonds is 7. The second-order valence-corrected chi connectivity index (χ2v) is 8.54. The van der Waals surface area contributed by atoms with Crippen LogP contribution in [0.4, 0.5) is 17.3 Å². The zero-order chi connectivity index (χ0) is 24.0. The minimum Gasteiger partial charge on any atom is -0.459 e. The van der Waals surface area contributed by atoms with Crippen LogP contribution < -0.4 is 15.1 Å².